The highest BCUT2D eigenvalue weighted by Gasteiger charge is 2.28. The van der Waals surface area contributed by atoms with Crippen molar-refractivity contribution in [1.29, 1.82) is 0 Å². The topological polar surface area (TPSA) is 26.8 Å². The predicted molar refractivity (Wildman–Crippen MR) is 137 cm³/mol. The molecule has 1 amide bonds. The number of carbonyl (C=O) groups excluding carboxylic acids is 1. The van der Waals surface area contributed by atoms with Crippen LogP contribution in [-0.2, 0) is 17.6 Å². The van der Waals surface area contributed by atoms with Gasteiger partial charge in [-0.25, -0.2) is 0 Å². The number of halogens is 1. The summed E-state index contributed by atoms with van der Waals surface area (Å²) in [6.45, 7) is 7.54. The number of nitrogens with zero attached hydrogens (tertiary/aromatic N) is 3. The number of amides is 1. The fraction of sp³-hybridized carbons (Fsp3) is 0.536. The molecule has 4 rings (SSSR count). The van der Waals surface area contributed by atoms with Gasteiger partial charge >= 0.3 is 0 Å². The van der Waals surface area contributed by atoms with E-state index in [-0.39, 0.29) is 5.91 Å². The van der Waals surface area contributed by atoms with E-state index in [1.54, 1.807) is 0 Å². The first-order valence-corrected chi connectivity index (χ1v) is 13.1. The summed E-state index contributed by atoms with van der Waals surface area (Å²) in [5, 5.41) is 0.719. The molecule has 0 aromatic heterocycles. The van der Waals surface area contributed by atoms with E-state index in [1.807, 2.05) is 24.3 Å². The van der Waals surface area contributed by atoms with Gasteiger partial charge in [-0.1, -0.05) is 54.1 Å². The Morgan fingerprint density at radius 3 is 2.21 bits per heavy atom. The largest absolute Gasteiger partial charge is 0.338 e. The first-order valence-electron chi connectivity index (χ1n) is 12.7. The summed E-state index contributed by atoms with van der Waals surface area (Å²) in [7, 11) is 0. The van der Waals surface area contributed by atoms with Gasteiger partial charge in [-0.3, -0.25) is 4.79 Å². The first kappa shape index (κ1) is 24.3. The lowest BCUT2D eigenvalue weighted by molar-refractivity contribution is -0.134. The zero-order chi connectivity index (χ0) is 22.9. The molecule has 2 aromatic rings. The third-order valence-corrected chi connectivity index (χ3v) is 7.48. The van der Waals surface area contributed by atoms with Crippen molar-refractivity contribution in [3.05, 3.63) is 70.7 Å². The molecule has 0 aliphatic carbocycles. The van der Waals surface area contributed by atoms with Crippen LogP contribution in [0.5, 0.6) is 0 Å². The Kier molecular flexibility index (Phi) is 9.22. The van der Waals surface area contributed by atoms with E-state index in [2.05, 4.69) is 45.0 Å². The van der Waals surface area contributed by atoms with Gasteiger partial charge in [0.05, 0.1) is 6.42 Å². The zero-order valence-electron chi connectivity index (χ0n) is 19.8. The van der Waals surface area contributed by atoms with Crippen LogP contribution in [0, 0.1) is 0 Å². The van der Waals surface area contributed by atoms with Crippen molar-refractivity contribution in [2.75, 3.05) is 45.8 Å². The number of piperidine rings is 1. The molecule has 0 spiro atoms. The fourth-order valence-corrected chi connectivity index (χ4v) is 5.38. The van der Waals surface area contributed by atoms with Crippen molar-refractivity contribution in [2.45, 2.75) is 51.0 Å². The predicted octanol–water partition coefficient (Wildman–Crippen LogP) is 4.90. The van der Waals surface area contributed by atoms with Crippen LogP contribution in [-0.4, -0.2) is 72.5 Å². The molecule has 2 saturated heterocycles. The van der Waals surface area contributed by atoms with Gasteiger partial charge in [0, 0.05) is 37.2 Å². The van der Waals surface area contributed by atoms with Crippen molar-refractivity contribution in [1.82, 2.24) is 14.7 Å². The van der Waals surface area contributed by atoms with Gasteiger partial charge in [-0.05, 0) is 81.4 Å². The summed E-state index contributed by atoms with van der Waals surface area (Å²) in [5.41, 5.74) is 2.47. The number of rotatable bonds is 10. The molecule has 0 bridgehead atoms. The lowest BCUT2D eigenvalue weighted by Gasteiger charge is -2.39. The lowest BCUT2D eigenvalue weighted by atomic mass is 10.0. The third-order valence-electron chi connectivity index (χ3n) is 7.23. The van der Waals surface area contributed by atoms with Crippen LogP contribution in [0.3, 0.4) is 0 Å². The molecule has 33 heavy (non-hydrogen) atoms. The minimum atomic E-state index is 0.263. The highest BCUT2D eigenvalue weighted by molar-refractivity contribution is 6.30. The van der Waals surface area contributed by atoms with E-state index >= 15 is 0 Å². The highest BCUT2D eigenvalue weighted by Crippen LogP contribution is 2.20. The lowest BCUT2D eigenvalue weighted by Crippen LogP contribution is -2.50. The highest BCUT2D eigenvalue weighted by atomic mass is 35.5. The average Bonchev–Trinajstić information content (AvgIpc) is 3.36. The zero-order valence-corrected chi connectivity index (χ0v) is 20.6. The maximum Gasteiger partial charge on any atom is 0.227 e. The van der Waals surface area contributed by atoms with Crippen molar-refractivity contribution < 1.29 is 4.79 Å². The Balaban J connectivity index is 1.29. The van der Waals surface area contributed by atoms with Gasteiger partial charge in [0.1, 0.15) is 0 Å². The van der Waals surface area contributed by atoms with Crippen LogP contribution in [0.15, 0.2) is 54.6 Å². The normalized spacial score (nSPS) is 18.0. The summed E-state index contributed by atoms with van der Waals surface area (Å²) < 4.78 is 0. The monoisotopic (exact) mass is 467 g/mol. The Bertz CT molecular complexity index is 843. The van der Waals surface area contributed by atoms with Gasteiger partial charge in [-0.15, -0.1) is 0 Å². The maximum absolute atomic E-state index is 13.4. The number of carbonyl (C=O) groups is 1. The smallest absolute Gasteiger partial charge is 0.227 e. The molecule has 0 N–H and O–H groups in total. The molecule has 0 saturated carbocycles. The number of aryl methyl sites for hydroxylation is 1. The minimum Gasteiger partial charge on any atom is -0.338 e. The summed E-state index contributed by atoms with van der Waals surface area (Å²) in [6.07, 6.45) is 7.55. The quantitative estimate of drug-likeness (QED) is 0.497. The summed E-state index contributed by atoms with van der Waals surface area (Å²) in [6, 6.07) is 18.8. The minimum absolute atomic E-state index is 0.263. The Hall–Kier alpha value is -1.88. The summed E-state index contributed by atoms with van der Waals surface area (Å²) in [4.78, 5) is 20.7. The standard InChI is InChI=1S/C28H38ClN3O/c29-26-12-10-25(11-13-26)23-28(33)32(22-21-30-16-4-5-17-30)27-14-19-31(20-15-27)18-6-9-24-7-2-1-3-8-24/h1-3,7-8,10-13,27H,4-6,9,14-23H2. The Labute approximate surface area is 204 Å². The van der Waals surface area contributed by atoms with Crippen molar-refractivity contribution in [3.8, 4) is 0 Å². The second-order valence-corrected chi connectivity index (χ2v) is 10.0. The van der Waals surface area contributed by atoms with Crippen molar-refractivity contribution in [2.24, 2.45) is 0 Å². The van der Waals surface area contributed by atoms with E-state index in [0.717, 1.165) is 62.6 Å². The second-order valence-electron chi connectivity index (χ2n) is 9.60. The third kappa shape index (κ3) is 7.56. The number of hydrogen-bond acceptors (Lipinski definition) is 3. The van der Waals surface area contributed by atoms with Crippen LogP contribution in [0.4, 0.5) is 0 Å². The summed E-state index contributed by atoms with van der Waals surface area (Å²) in [5.74, 6) is 0.263. The van der Waals surface area contributed by atoms with E-state index in [0.29, 0.717) is 12.5 Å². The Morgan fingerprint density at radius 2 is 1.52 bits per heavy atom. The van der Waals surface area contributed by atoms with Crippen LogP contribution in [0.1, 0.15) is 43.2 Å². The average molecular weight is 468 g/mol. The molecule has 5 heteroatoms. The molecule has 4 nitrogen and oxygen atoms in total. The molecule has 2 heterocycles. The van der Waals surface area contributed by atoms with Crippen LogP contribution in [0.2, 0.25) is 5.02 Å². The first-order chi connectivity index (χ1) is 16.2. The summed E-state index contributed by atoms with van der Waals surface area (Å²) >= 11 is 6.03. The fourth-order valence-electron chi connectivity index (χ4n) is 5.25. The molecule has 0 atom stereocenters. The van der Waals surface area contributed by atoms with E-state index in [4.69, 9.17) is 11.6 Å². The molecule has 0 unspecified atom stereocenters. The SMILES string of the molecule is O=C(Cc1ccc(Cl)cc1)N(CCN1CCCC1)C1CCN(CCCc2ccccc2)CC1. The van der Waals surface area contributed by atoms with Crippen LogP contribution >= 0.6 is 11.6 Å². The van der Waals surface area contributed by atoms with Gasteiger partial charge < -0.3 is 14.7 Å². The van der Waals surface area contributed by atoms with Crippen molar-refractivity contribution in [3.63, 3.8) is 0 Å². The molecular formula is C28H38ClN3O. The number of likely N-dealkylation sites (tertiary alicyclic amines) is 2. The van der Waals surface area contributed by atoms with Crippen LogP contribution in [0.25, 0.3) is 0 Å². The molecule has 2 aliphatic heterocycles. The number of benzene rings is 2. The van der Waals surface area contributed by atoms with E-state index < -0.39 is 0 Å². The van der Waals surface area contributed by atoms with E-state index in [9.17, 15) is 4.79 Å². The molecule has 2 aromatic carbocycles. The van der Waals surface area contributed by atoms with Gasteiger partial charge in [-0.2, -0.15) is 0 Å². The molecule has 0 radical (unpaired) electrons. The molecule has 2 fully saturated rings. The maximum atomic E-state index is 13.4. The van der Waals surface area contributed by atoms with Gasteiger partial charge in [0.2, 0.25) is 5.91 Å². The second kappa shape index (κ2) is 12.5. The number of hydrogen-bond donors (Lipinski definition) is 0. The molecular weight excluding hydrogens is 430 g/mol. The Morgan fingerprint density at radius 1 is 0.848 bits per heavy atom. The molecule has 2 aliphatic rings. The van der Waals surface area contributed by atoms with Gasteiger partial charge in [0.15, 0.2) is 0 Å². The van der Waals surface area contributed by atoms with Gasteiger partial charge in [0.25, 0.3) is 0 Å². The van der Waals surface area contributed by atoms with E-state index in [1.165, 1.54) is 37.9 Å². The van der Waals surface area contributed by atoms with Crippen LogP contribution < -0.4 is 0 Å². The molecule has 178 valence electrons. The van der Waals surface area contributed by atoms with Crippen molar-refractivity contribution >= 4 is 17.5 Å².